The van der Waals surface area contributed by atoms with Gasteiger partial charge < -0.3 is 5.73 Å². The van der Waals surface area contributed by atoms with Gasteiger partial charge in [-0.1, -0.05) is 16.1 Å². The molecule has 0 aliphatic carbocycles. The molecule has 1 aliphatic heterocycles. The molecule has 1 fully saturated rings. The molecule has 2 N–H and O–H groups in total. The SMILES string of the molecule is Cc1cc(S(=O)(=O)N2CCCO2)cc(N)c1Cl. The molecule has 94 valence electrons. The molecule has 1 aromatic rings. The van der Waals surface area contributed by atoms with Crippen molar-refractivity contribution in [3.63, 3.8) is 0 Å². The highest BCUT2D eigenvalue weighted by molar-refractivity contribution is 7.89. The van der Waals surface area contributed by atoms with E-state index in [2.05, 4.69) is 0 Å². The number of nitrogen functional groups attached to an aromatic ring is 1. The zero-order valence-corrected chi connectivity index (χ0v) is 10.9. The molecule has 7 heteroatoms. The minimum Gasteiger partial charge on any atom is -0.397 e. The molecular formula is C10H13ClN2O3S. The topological polar surface area (TPSA) is 72.6 Å². The maximum Gasteiger partial charge on any atom is 0.265 e. The lowest BCUT2D eigenvalue weighted by atomic mass is 10.2. The Morgan fingerprint density at radius 2 is 2.18 bits per heavy atom. The largest absolute Gasteiger partial charge is 0.397 e. The minimum absolute atomic E-state index is 0.110. The number of rotatable bonds is 2. The number of nitrogens with zero attached hydrogens (tertiary/aromatic N) is 1. The number of hydrogen-bond donors (Lipinski definition) is 1. The summed E-state index contributed by atoms with van der Waals surface area (Å²) in [6, 6.07) is 2.85. The maximum atomic E-state index is 12.2. The van der Waals surface area contributed by atoms with E-state index in [4.69, 9.17) is 22.2 Å². The number of sulfonamides is 1. The Balaban J connectivity index is 2.46. The van der Waals surface area contributed by atoms with Crippen LogP contribution in [-0.4, -0.2) is 26.0 Å². The number of benzene rings is 1. The number of aryl methyl sites for hydroxylation is 1. The quantitative estimate of drug-likeness (QED) is 0.832. The lowest BCUT2D eigenvalue weighted by molar-refractivity contribution is -0.0284. The fourth-order valence-corrected chi connectivity index (χ4v) is 3.17. The van der Waals surface area contributed by atoms with Gasteiger partial charge in [-0.3, -0.25) is 4.84 Å². The van der Waals surface area contributed by atoms with Crippen LogP contribution in [0.2, 0.25) is 5.02 Å². The van der Waals surface area contributed by atoms with Crippen LogP contribution < -0.4 is 5.73 Å². The first kappa shape index (κ1) is 12.6. The van der Waals surface area contributed by atoms with Gasteiger partial charge in [0.15, 0.2) is 0 Å². The van der Waals surface area contributed by atoms with E-state index in [-0.39, 0.29) is 10.6 Å². The first-order valence-corrected chi connectivity index (χ1v) is 6.96. The summed E-state index contributed by atoms with van der Waals surface area (Å²) in [6.45, 7) is 2.49. The van der Waals surface area contributed by atoms with Gasteiger partial charge in [-0.25, -0.2) is 8.42 Å². The first-order chi connectivity index (χ1) is 7.93. The van der Waals surface area contributed by atoms with E-state index in [1.165, 1.54) is 12.1 Å². The molecular weight excluding hydrogens is 264 g/mol. The van der Waals surface area contributed by atoms with E-state index in [0.717, 1.165) is 4.47 Å². The van der Waals surface area contributed by atoms with Crippen LogP contribution >= 0.6 is 11.6 Å². The van der Waals surface area contributed by atoms with Gasteiger partial charge in [0.05, 0.1) is 22.2 Å². The predicted molar refractivity (Wildman–Crippen MR) is 65.1 cm³/mol. The second kappa shape index (κ2) is 4.45. The summed E-state index contributed by atoms with van der Waals surface area (Å²) in [6.07, 6.45) is 0.696. The molecule has 0 aromatic heterocycles. The van der Waals surface area contributed by atoms with Gasteiger partial charge in [0.1, 0.15) is 0 Å². The second-order valence-electron chi connectivity index (χ2n) is 3.86. The fraction of sp³-hybridized carbons (Fsp3) is 0.400. The van der Waals surface area contributed by atoms with Crippen molar-refractivity contribution in [3.05, 3.63) is 22.7 Å². The van der Waals surface area contributed by atoms with E-state index in [0.29, 0.717) is 30.2 Å². The molecule has 1 saturated heterocycles. The lowest BCUT2D eigenvalue weighted by Gasteiger charge is -2.15. The van der Waals surface area contributed by atoms with Gasteiger partial charge >= 0.3 is 0 Å². The zero-order chi connectivity index (χ0) is 12.6. The monoisotopic (exact) mass is 276 g/mol. The van der Waals surface area contributed by atoms with Crippen molar-refractivity contribution in [2.75, 3.05) is 18.9 Å². The average Bonchev–Trinajstić information content (AvgIpc) is 2.79. The molecule has 0 radical (unpaired) electrons. The molecule has 0 spiro atoms. The number of halogens is 1. The minimum atomic E-state index is -3.63. The predicted octanol–water partition coefficient (Wildman–Crippen LogP) is 1.56. The third-order valence-corrected chi connectivity index (χ3v) is 4.71. The maximum absolute atomic E-state index is 12.2. The fourth-order valence-electron chi connectivity index (χ4n) is 1.64. The van der Waals surface area contributed by atoms with Crippen molar-refractivity contribution < 1.29 is 13.3 Å². The number of nitrogens with two attached hydrogens (primary N) is 1. The van der Waals surface area contributed by atoms with Gasteiger partial charge in [-0.05, 0) is 31.0 Å². The van der Waals surface area contributed by atoms with Crippen molar-refractivity contribution in [3.8, 4) is 0 Å². The Labute approximate surface area is 105 Å². The first-order valence-electron chi connectivity index (χ1n) is 5.14. The van der Waals surface area contributed by atoms with E-state index in [1.807, 2.05) is 0 Å². The third kappa shape index (κ3) is 2.26. The number of hydroxylamine groups is 1. The van der Waals surface area contributed by atoms with Crippen LogP contribution in [0.25, 0.3) is 0 Å². The molecule has 2 rings (SSSR count). The highest BCUT2D eigenvalue weighted by Gasteiger charge is 2.29. The summed E-state index contributed by atoms with van der Waals surface area (Å²) in [4.78, 5) is 5.16. The van der Waals surface area contributed by atoms with Gasteiger partial charge in [0.25, 0.3) is 10.0 Å². The molecule has 0 saturated carbocycles. The van der Waals surface area contributed by atoms with Gasteiger partial charge in [-0.2, -0.15) is 0 Å². The summed E-state index contributed by atoms with van der Waals surface area (Å²) in [5.74, 6) is 0. The Morgan fingerprint density at radius 1 is 1.47 bits per heavy atom. The highest BCUT2D eigenvalue weighted by atomic mass is 35.5. The van der Waals surface area contributed by atoms with Crippen molar-refractivity contribution in [1.82, 2.24) is 4.47 Å². The normalized spacial score (nSPS) is 17.5. The van der Waals surface area contributed by atoms with Crippen LogP contribution in [0.15, 0.2) is 17.0 Å². The average molecular weight is 277 g/mol. The van der Waals surface area contributed by atoms with Crippen LogP contribution in [0.1, 0.15) is 12.0 Å². The lowest BCUT2D eigenvalue weighted by Crippen LogP contribution is -2.27. The third-order valence-electron chi connectivity index (χ3n) is 2.54. The Kier molecular flexibility index (Phi) is 3.31. The molecule has 0 amide bonds. The summed E-state index contributed by atoms with van der Waals surface area (Å²) < 4.78 is 25.3. The molecule has 5 nitrogen and oxygen atoms in total. The smallest absolute Gasteiger partial charge is 0.265 e. The summed E-state index contributed by atoms with van der Waals surface area (Å²) >= 11 is 5.89. The number of anilines is 1. The van der Waals surface area contributed by atoms with Gasteiger partial charge in [-0.15, -0.1) is 0 Å². The van der Waals surface area contributed by atoms with E-state index in [1.54, 1.807) is 6.92 Å². The van der Waals surface area contributed by atoms with Crippen LogP contribution in [-0.2, 0) is 14.9 Å². The molecule has 0 bridgehead atoms. The van der Waals surface area contributed by atoms with Crippen molar-refractivity contribution in [2.24, 2.45) is 0 Å². The Hall–Kier alpha value is -0.820. The summed E-state index contributed by atoms with van der Waals surface area (Å²) in [7, 11) is -3.63. The van der Waals surface area contributed by atoms with Crippen LogP contribution in [0, 0.1) is 6.92 Å². The molecule has 1 aromatic carbocycles. The molecule has 0 unspecified atom stereocenters. The van der Waals surface area contributed by atoms with E-state index in [9.17, 15) is 8.42 Å². The second-order valence-corrected chi connectivity index (χ2v) is 6.07. The Bertz CT molecular complexity index is 515. The van der Waals surface area contributed by atoms with Gasteiger partial charge in [0, 0.05) is 6.54 Å². The highest BCUT2D eigenvalue weighted by Crippen LogP contribution is 2.29. The van der Waals surface area contributed by atoms with Crippen molar-refractivity contribution in [2.45, 2.75) is 18.2 Å². The number of hydrogen-bond acceptors (Lipinski definition) is 4. The summed E-state index contributed by atoms with van der Waals surface area (Å²) in [5, 5.41) is 0.381. The Morgan fingerprint density at radius 3 is 2.71 bits per heavy atom. The van der Waals surface area contributed by atoms with Crippen LogP contribution in [0.3, 0.4) is 0 Å². The van der Waals surface area contributed by atoms with E-state index < -0.39 is 10.0 Å². The summed E-state index contributed by atoms with van der Waals surface area (Å²) in [5.41, 5.74) is 6.54. The molecule has 0 atom stereocenters. The molecule has 1 aliphatic rings. The molecule has 1 heterocycles. The van der Waals surface area contributed by atoms with Crippen LogP contribution in [0.5, 0.6) is 0 Å². The standard InChI is InChI=1S/C10H13ClN2O3S/c1-7-5-8(6-9(12)10(7)11)17(14,15)13-3-2-4-16-13/h5-6H,2-4,12H2,1H3. The van der Waals surface area contributed by atoms with E-state index >= 15 is 0 Å². The van der Waals surface area contributed by atoms with Crippen molar-refractivity contribution in [1.29, 1.82) is 0 Å². The van der Waals surface area contributed by atoms with Gasteiger partial charge in [0.2, 0.25) is 0 Å². The van der Waals surface area contributed by atoms with Crippen LogP contribution in [0.4, 0.5) is 5.69 Å². The van der Waals surface area contributed by atoms with Crippen molar-refractivity contribution >= 4 is 27.3 Å². The zero-order valence-electron chi connectivity index (χ0n) is 9.31. The molecule has 17 heavy (non-hydrogen) atoms.